The molecule has 146 valence electrons. The van der Waals surface area contributed by atoms with Gasteiger partial charge in [-0.05, 0) is 68.4 Å². The van der Waals surface area contributed by atoms with E-state index in [-0.39, 0.29) is 11.9 Å². The number of amides is 1. The van der Waals surface area contributed by atoms with Crippen molar-refractivity contribution in [3.63, 3.8) is 0 Å². The predicted octanol–water partition coefficient (Wildman–Crippen LogP) is 6.52. The third-order valence-corrected chi connectivity index (χ3v) is 7.73. The third-order valence-electron chi connectivity index (χ3n) is 5.38. The van der Waals surface area contributed by atoms with E-state index in [2.05, 4.69) is 30.1 Å². The fourth-order valence-corrected chi connectivity index (χ4v) is 5.82. The lowest BCUT2D eigenvalue weighted by Crippen LogP contribution is -2.28. The molecule has 6 heteroatoms. The molecular weight excluding hydrogens is 408 g/mol. The van der Waals surface area contributed by atoms with E-state index in [4.69, 9.17) is 11.6 Å². The summed E-state index contributed by atoms with van der Waals surface area (Å²) >= 11 is 9.75. The fraction of sp³-hybridized carbons (Fsp3) is 0.318. The molecule has 0 spiro atoms. The molecule has 3 nitrogen and oxygen atoms in total. The highest BCUT2D eigenvalue weighted by Crippen LogP contribution is 2.44. The maximum absolute atomic E-state index is 12.8. The molecule has 1 atom stereocenters. The first kappa shape index (κ1) is 19.6. The molecule has 1 aliphatic rings. The van der Waals surface area contributed by atoms with Gasteiger partial charge in [-0.15, -0.1) is 22.7 Å². The molecule has 0 radical (unpaired) electrons. The van der Waals surface area contributed by atoms with Gasteiger partial charge in [0, 0.05) is 15.5 Å². The second-order valence-corrected chi connectivity index (χ2v) is 9.70. The minimum absolute atomic E-state index is 0.0446. The number of carbonyl (C=O) groups excluding carboxylic acids is 1. The third kappa shape index (κ3) is 3.77. The molecular formula is C22H23ClN2OS2. The second-order valence-electron chi connectivity index (χ2n) is 7.12. The van der Waals surface area contributed by atoms with Crippen molar-refractivity contribution in [1.82, 2.24) is 4.90 Å². The zero-order valence-corrected chi connectivity index (χ0v) is 18.4. The molecule has 3 aromatic rings. The van der Waals surface area contributed by atoms with Gasteiger partial charge in [0.15, 0.2) is 0 Å². The van der Waals surface area contributed by atoms with Gasteiger partial charge in [0.05, 0.1) is 10.9 Å². The van der Waals surface area contributed by atoms with Gasteiger partial charge >= 0.3 is 0 Å². The van der Waals surface area contributed by atoms with Gasteiger partial charge in [-0.1, -0.05) is 35.9 Å². The van der Waals surface area contributed by atoms with Crippen LogP contribution >= 0.6 is 34.3 Å². The number of hydrogen-bond donors (Lipinski definition) is 1. The van der Waals surface area contributed by atoms with Crippen molar-refractivity contribution in [1.29, 1.82) is 0 Å². The zero-order valence-electron chi connectivity index (χ0n) is 16.0. The average Bonchev–Trinajstić information content (AvgIpc) is 3.43. The molecule has 3 heterocycles. The summed E-state index contributed by atoms with van der Waals surface area (Å²) in [5.74, 6) is -0.0446. The first-order valence-corrected chi connectivity index (χ1v) is 11.6. The van der Waals surface area contributed by atoms with Gasteiger partial charge in [0.25, 0.3) is 5.91 Å². The van der Waals surface area contributed by atoms with E-state index in [1.165, 1.54) is 40.2 Å². The van der Waals surface area contributed by atoms with Crippen LogP contribution in [0.5, 0.6) is 0 Å². The molecule has 1 saturated heterocycles. The Morgan fingerprint density at radius 3 is 2.57 bits per heavy atom. The molecule has 28 heavy (non-hydrogen) atoms. The first-order valence-electron chi connectivity index (χ1n) is 9.49. The highest BCUT2D eigenvalue weighted by molar-refractivity contribution is 7.17. The first-order chi connectivity index (χ1) is 13.6. The SMILES string of the molecule is Cc1sc(NC(=O)c2cccs2)c(C(c2ccccc2Cl)N2CCCC2)c1C. The van der Waals surface area contributed by atoms with Crippen molar-refractivity contribution >= 4 is 45.2 Å². The van der Waals surface area contributed by atoms with Crippen LogP contribution in [0.4, 0.5) is 5.00 Å². The number of halogens is 1. The maximum Gasteiger partial charge on any atom is 0.266 e. The van der Waals surface area contributed by atoms with E-state index in [0.717, 1.165) is 33.6 Å². The Labute approximate surface area is 179 Å². The van der Waals surface area contributed by atoms with Gasteiger partial charge in [0.1, 0.15) is 5.00 Å². The van der Waals surface area contributed by atoms with Crippen molar-refractivity contribution in [2.24, 2.45) is 0 Å². The predicted molar refractivity (Wildman–Crippen MR) is 120 cm³/mol. The van der Waals surface area contributed by atoms with Gasteiger partial charge in [-0.25, -0.2) is 0 Å². The fourth-order valence-electron chi connectivity index (χ4n) is 3.87. The number of nitrogens with one attached hydrogen (secondary N) is 1. The standard InChI is InChI=1S/C22H23ClN2OS2/c1-14-15(2)28-22(24-21(26)18-10-7-13-27-18)19(14)20(25-11-5-6-12-25)16-8-3-4-9-17(16)23/h3-4,7-10,13,20H,5-6,11-12H2,1-2H3,(H,24,26). The number of carbonyl (C=O) groups is 1. The van der Waals surface area contributed by atoms with Crippen LogP contribution in [0.1, 0.15) is 50.1 Å². The summed E-state index contributed by atoms with van der Waals surface area (Å²) in [6.45, 7) is 6.37. The number of nitrogens with zero attached hydrogens (tertiary/aromatic N) is 1. The number of likely N-dealkylation sites (tertiary alicyclic amines) is 1. The van der Waals surface area contributed by atoms with Crippen molar-refractivity contribution in [3.05, 3.63) is 73.2 Å². The molecule has 0 aliphatic carbocycles. The van der Waals surface area contributed by atoms with E-state index < -0.39 is 0 Å². The molecule has 1 aromatic carbocycles. The highest BCUT2D eigenvalue weighted by atomic mass is 35.5. The highest BCUT2D eigenvalue weighted by Gasteiger charge is 2.32. The van der Waals surface area contributed by atoms with Gasteiger partial charge in [-0.3, -0.25) is 9.69 Å². The minimum Gasteiger partial charge on any atom is -0.313 e. The average molecular weight is 431 g/mol. The van der Waals surface area contributed by atoms with Crippen LogP contribution in [0.25, 0.3) is 0 Å². The Morgan fingerprint density at radius 2 is 1.89 bits per heavy atom. The quantitative estimate of drug-likeness (QED) is 0.499. The van der Waals surface area contributed by atoms with E-state index in [1.807, 2.05) is 35.7 Å². The van der Waals surface area contributed by atoms with Crippen molar-refractivity contribution < 1.29 is 4.79 Å². The van der Waals surface area contributed by atoms with Crippen LogP contribution in [0.2, 0.25) is 5.02 Å². The monoisotopic (exact) mass is 430 g/mol. The smallest absolute Gasteiger partial charge is 0.266 e. The summed E-state index contributed by atoms with van der Waals surface area (Å²) < 4.78 is 0. The topological polar surface area (TPSA) is 32.3 Å². The number of rotatable bonds is 5. The van der Waals surface area contributed by atoms with Crippen LogP contribution in [0.3, 0.4) is 0 Å². The molecule has 1 N–H and O–H groups in total. The molecule has 1 aliphatic heterocycles. The van der Waals surface area contributed by atoms with Crippen LogP contribution in [-0.2, 0) is 0 Å². The largest absolute Gasteiger partial charge is 0.313 e. The zero-order chi connectivity index (χ0) is 19.7. The van der Waals surface area contributed by atoms with Crippen LogP contribution < -0.4 is 5.32 Å². The molecule has 2 aromatic heterocycles. The Morgan fingerprint density at radius 1 is 1.14 bits per heavy atom. The number of aryl methyl sites for hydroxylation is 1. The Bertz CT molecular complexity index is 975. The van der Waals surface area contributed by atoms with Gasteiger partial charge < -0.3 is 5.32 Å². The minimum atomic E-state index is -0.0446. The van der Waals surface area contributed by atoms with Crippen LogP contribution in [0, 0.1) is 13.8 Å². The summed E-state index contributed by atoms with van der Waals surface area (Å²) in [6.07, 6.45) is 2.39. The van der Waals surface area contributed by atoms with Gasteiger partial charge in [0.2, 0.25) is 0 Å². The van der Waals surface area contributed by atoms with Crippen LogP contribution in [0.15, 0.2) is 41.8 Å². The summed E-state index contributed by atoms with van der Waals surface area (Å²) in [5, 5.41) is 6.83. The van der Waals surface area contributed by atoms with E-state index in [1.54, 1.807) is 11.3 Å². The summed E-state index contributed by atoms with van der Waals surface area (Å²) in [4.78, 5) is 17.2. The Kier molecular flexibility index (Phi) is 5.88. The molecule has 0 saturated carbocycles. The van der Waals surface area contributed by atoms with E-state index in [9.17, 15) is 4.79 Å². The van der Waals surface area contributed by atoms with E-state index >= 15 is 0 Å². The molecule has 1 amide bonds. The number of thiophene rings is 2. The van der Waals surface area contributed by atoms with Crippen molar-refractivity contribution in [2.45, 2.75) is 32.7 Å². The second kappa shape index (κ2) is 8.37. The molecule has 1 fully saturated rings. The Balaban J connectivity index is 1.80. The molecule has 4 rings (SSSR count). The number of anilines is 1. The van der Waals surface area contributed by atoms with E-state index in [0.29, 0.717) is 0 Å². The lowest BCUT2D eigenvalue weighted by Gasteiger charge is -2.30. The lowest BCUT2D eigenvalue weighted by atomic mass is 9.95. The molecule has 1 unspecified atom stereocenters. The summed E-state index contributed by atoms with van der Waals surface area (Å²) in [6, 6.07) is 11.9. The van der Waals surface area contributed by atoms with Crippen molar-refractivity contribution in [2.75, 3.05) is 18.4 Å². The van der Waals surface area contributed by atoms with Crippen LogP contribution in [-0.4, -0.2) is 23.9 Å². The lowest BCUT2D eigenvalue weighted by molar-refractivity contribution is 0.103. The number of hydrogen-bond acceptors (Lipinski definition) is 4. The molecule has 0 bridgehead atoms. The maximum atomic E-state index is 12.8. The van der Waals surface area contributed by atoms with Crippen molar-refractivity contribution in [3.8, 4) is 0 Å². The summed E-state index contributed by atoms with van der Waals surface area (Å²) in [7, 11) is 0. The number of benzene rings is 1. The Hall–Kier alpha value is -1.66. The summed E-state index contributed by atoms with van der Waals surface area (Å²) in [5.41, 5.74) is 3.53. The van der Waals surface area contributed by atoms with Gasteiger partial charge in [-0.2, -0.15) is 0 Å². The normalized spacial score (nSPS) is 15.7.